The summed E-state index contributed by atoms with van der Waals surface area (Å²) in [5.74, 6) is -1.17. The monoisotopic (exact) mass is 267 g/mol. The first-order chi connectivity index (χ1) is 9.54. The van der Waals surface area contributed by atoms with Gasteiger partial charge in [-0.2, -0.15) is 0 Å². The van der Waals surface area contributed by atoms with E-state index in [1.54, 1.807) is 0 Å². The molecule has 4 nitrogen and oxygen atoms in total. The number of aromatic carboxylic acids is 1. The first kappa shape index (κ1) is 12.4. The third-order valence-electron chi connectivity index (χ3n) is 3.27. The van der Waals surface area contributed by atoms with Crippen molar-refractivity contribution in [1.29, 1.82) is 0 Å². The van der Waals surface area contributed by atoms with Crippen LogP contribution < -0.4 is 0 Å². The summed E-state index contributed by atoms with van der Waals surface area (Å²) in [4.78, 5) is 15.4. The average molecular weight is 267 g/mol. The van der Waals surface area contributed by atoms with Crippen LogP contribution in [0.25, 0.3) is 22.4 Å². The molecule has 0 spiro atoms. The topological polar surface area (TPSA) is 63.3 Å². The number of hydrogen-bond donors (Lipinski definition) is 1. The van der Waals surface area contributed by atoms with Crippen molar-refractivity contribution in [1.82, 2.24) is 4.98 Å². The highest BCUT2D eigenvalue weighted by Gasteiger charge is 2.14. The zero-order valence-electron chi connectivity index (χ0n) is 11.2. The van der Waals surface area contributed by atoms with Crippen LogP contribution in [0.5, 0.6) is 0 Å². The quantitative estimate of drug-likeness (QED) is 0.766. The summed E-state index contributed by atoms with van der Waals surface area (Å²) in [5.41, 5.74) is 4.24. The first-order valence-electron chi connectivity index (χ1n) is 6.26. The molecule has 0 radical (unpaired) electrons. The number of aryl methyl sites for hydroxylation is 2. The minimum Gasteiger partial charge on any atom is -0.475 e. The van der Waals surface area contributed by atoms with E-state index in [2.05, 4.69) is 4.98 Å². The van der Waals surface area contributed by atoms with Gasteiger partial charge in [-0.05, 0) is 25.5 Å². The Morgan fingerprint density at radius 1 is 1.15 bits per heavy atom. The van der Waals surface area contributed by atoms with E-state index in [4.69, 9.17) is 9.52 Å². The lowest BCUT2D eigenvalue weighted by Crippen LogP contribution is -1.91. The van der Waals surface area contributed by atoms with E-state index in [0.29, 0.717) is 5.71 Å². The summed E-state index contributed by atoms with van der Waals surface area (Å²) in [7, 11) is 0. The molecule has 20 heavy (non-hydrogen) atoms. The van der Waals surface area contributed by atoms with Crippen LogP contribution in [0.1, 0.15) is 21.7 Å². The molecule has 4 heteroatoms. The highest BCUT2D eigenvalue weighted by Crippen LogP contribution is 2.27. The maximum absolute atomic E-state index is 11.0. The molecule has 0 unspecified atom stereocenters. The Balaban J connectivity index is 2.18. The van der Waals surface area contributed by atoms with E-state index in [1.807, 2.05) is 44.2 Å². The predicted molar refractivity (Wildman–Crippen MR) is 75.9 cm³/mol. The number of carboxylic acids is 1. The number of furan rings is 1. The number of pyridine rings is 1. The number of nitrogens with zero attached hydrogens (tertiary/aromatic N) is 1. The van der Waals surface area contributed by atoms with Crippen molar-refractivity contribution >= 4 is 17.1 Å². The van der Waals surface area contributed by atoms with E-state index >= 15 is 0 Å². The summed E-state index contributed by atoms with van der Waals surface area (Å²) in [6, 6.07) is 11.5. The largest absolute Gasteiger partial charge is 0.475 e. The highest BCUT2D eigenvalue weighted by atomic mass is 16.4. The summed E-state index contributed by atoms with van der Waals surface area (Å²) in [5, 5.41) is 9.71. The van der Waals surface area contributed by atoms with Crippen molar-refractivity contribution in [3.8, 4) is 11.3 Å². The normalized spacial score (nSPS) is 10.9. The van der Waals surface area contributed by atoms with Gasteiger partial charge in [0.25, 0.3) is 0 Å². The summed E-state index contributed by atoms with van der Waals surface area (Å²) in [6.07, 6.45) is 0. The van der Waals surface area contributed by atoms with Gasteiger partial charge in [0.15, 0.2) is 0 Å². The van der Waals surface area contributed by atoms with Crippen LogP contribution in [-0.2, 0) is 0 Å². The molecular formula is C16H13NO3. The fraction of sp³-hybridized carbons (Fsp3) is 0.125. The van der Waals surface area contributed by atoms with Gasteiger partial charge >= 0.3 is 5.97 Å². The van der Waals surface area contributed by atoms with Gasteiger partial charge in [0.1, 0.15) is 0 Å². The number of carboxylic acid groups (broad SMARTS) is 1. The number of benzene rings is 1. The lowest BCUT2D eigenvalue weighted by molar-refractivity contribution is 0.0664. The first-order valence-corrected chi connectivity index (χ1v) is 6.26. The molecule has 0 aliphatic carbocycles. The van der Waals surface area contributed by atoms with Crippen molar-refractivity contribution < 1.29 is 14.3 Å². The number of carbonyl (C=O) groups is 1. The number of aromatic nitrogens is 1. The highest BCUT2D eigenvalue weighted by molar-refractivity contribution is 5.92. The molecule has 2 aromatic heterocycles. The van der Waals surface area contributed by atoms with Gasteiger partial charge in [-0.1, -0.05) is 29.8 Å². The molecule has 0 atom stereocenters. The van der Waals surface area contributed by atoms with Crippen molar-refractivity contribution in [3.05, 3.63) is 53.3 Å². The van der Waals surface area contributed by atoms with Crippen LogP contribution in [0, 0.1) is 13.8 Å². The Morgan fingerprint density at radius 2 is 1.85 bits per heavy atom. The SMILES string of the molecule is Cc1ccc(-c2cc(C)c3cc(C(=O)O)oc3n2)cc1. The number of rotatable bonds is 2. The molecule has 1 N–H and O–H groups in total. The molecule has 3 aromatic rings. The Bertz CT molecular complexity index is 800. The van der Waals surface area contributed by atoms with Crippen LogP contribution in [0.2, 0.25) is 0 Å². The molecule has 2 heterocycles. The minimum atomic E-state index is -1.08. The lowest BCUT2D eigenvalue weighted by atomic mass is 10.1. The number of fused-ring (bicyclic) bond motifs is 1. The molecule has 0 saturated carbocycles. The molecule has 0 fully saturated rings. The molecule has 100 valence electrons. The maximum Gasteiger partial charge on any atom is 0.371 e. The summed E-state index contributed by atoms with van der Waals surface area (Å²) >= 11 is 0. The van der Waals surface area contributed by atoms with E-state index < -0.39 is 5.97 Å². The van der Waals surface area contributed by atoms with Gasteiger partial charge in [0.2, 0.25) is 11.5 Å². The summed E-state index contributed by atoms with van der Waals surface area (Å²) in [6.45, 7) is 3.94. The fourth-order valence-corrected chi connectivity index (χ4v) is 2.15. The molecule has 0 aliphatic heterocycles. The number of hydrogen-bond acceptors (Lipinski definition) is 3. The van der Waals surface area contributed by atoms with Gasteiger partial charge < -0.3 is 9.52 Å². The predicted octanol–water partition coefficient (Wildman–Crippen LogP) is 3.81. The maximum atomic E-state index is 11.0. The smallest absolute Gasteiger partial charge is 0.371 e. The van der Waals surface area contributed by atoms with Crippen LogP contribution in [0.3, 0.4) is 0 Å². The van der Waals surface area contributed by atoms with Crippen LogP contribution in [0.15, 0.2) is 40.8 Å². The fourth-order valence-electron chi connectivity index (χ4n) is 2.15. The standard InChI is InChI=1S/C16H13NO3/c1-9-3-5-11(6-4-9)13-7-10(2)12-8-14(16(18)19)20-15(12)17-13/h3-8H,1-2H3,(H,18,19). The van der Waals surface area contributed by atoms with Gasteiger partial charge in [0, 0.05) is 17.0 Å². The Labute approximate surface area is 115 Å². The average Bonchev–Trinajstić information content (AvgIpc) is 2.84. The van der Waals surface area contributed by atoms with Crippen molar-refractivity contribution in [2.75, 3.05) is 0 Å². The molecule has 1 aromatic carbocycles. The van der Waals surface area contributed by atoms with Crippen molar-refractivity contribution in [2.45, 2.75) is 13.8 Å². The lowest BCUT2D eigenvalue weighted by Gasteiger charge is -2.03. The van der Waals surface area contributed by atoms with Crippen LogP contribution >= 0.6 is 0 Å². The zero-order chi connectivity index (χ0) is 14.3. The third-order valence-corrected chi connectivity index (χ3v) is 3.27. The zero-order valence-corrected chi connectivity index (χ0v) is 11.2. The Morgan fingerprint density at radius 3 is 2.50 bits per heavy atom. The minimum absolute atomic E-state index is 0.0864. The van der Waals surface area contributed by atoms with E-state index in [-0.39, 0.29) is 5.76 Å². The summed E-state index contributed by atoms with van der Waals surface area (Å²) < 4.78 is 5.29. The van der Waals surface area contributed by atoms with Gasteiger partial charge in [-0.25, -0.2) is 9.78 Å². The molecular weight excluding hydrogens is 254 g/mol. The van der Waals surface area contributed by atoms with Gasteiger partial charge in [-0.15, -0.1) is 0 Å². The van der Waals surface area contributed by atoms with Crippen molar-refractivity contribution in [3.63, 3.8) is 0 Å². The molecule has 0 bridgehead atoms. The van der Waals surface area contributed by atoms with E-state index in [9.17, 15) is 4.79 Å². The second kappa shape index (κ2) is 4.49. The van der Waals surface area contributed by atoms with Gasteiger partial charge in [0.05, 0.1) is 5.69 Å². The third kappa shape index (κ3) is 2.05. The second-order valence-electron chi connectivity index (χ2n) is 4.83. The van der Waals surface area contributed by atoms with Gasteiger partial charge in [-0.3, -0.25) is 0 Å². The molecule has 0 saturated heterocycles. The Kier molecular flexibility index (Phi) is 2.79. The van der Waals surface area contributed by atoms with E-state index in [1.165, 1.54) is 11.6 Å². The molecule has 0 aliphatic rings. The second-order valence-corrected chi connectivity index (χ2v) is 4.83. The van der Waals surface area contributed by atoms with Crippen LogP contribution in [0.4, 0.5) is 0 Å². The molecule has 0 amide bonds. The van der Waals surface area contributed by atoms with E-state index in [0.717, 1.165) is 22.2 Å². The van der Waals surface area contributed by atoms with Crippen LogP contribution in [-0.4, -0.2) is 16.1 Å². The van der Waals surface area contributed by atoms with Crippen molar-refractivity contribution in [2.24, 2.45) is 0 Å². The Hall–Kier alpha value is -2.62. The molecule has 3 rings (SSSR count).